The molecule has 162 valence electrons. The SMILES string of the molecule is [O-][S+](Cc1ccccc1)c1ccc(-c2ccc(OCCCN3CCCCC3)cc2)nn1. The van der Waals surface area contributed by atoms with Crippen LogP contribution in [0.25, 0.3) is 11.3 Å². The van der Waals surface area contributed by atoms with E-state index in [9.17, 15) is 4.55 Å². The van der Waals surface area contributed by atoms with E-state index in [0.29, 0.717) is 10.8 Å². The Balaban J connectivity index is 1.26. The molecule has 0 spiro atoms. The van der Waals surface area contributed by atoms with Gasteiger partial charge in [0.05, 0.1) is 12.3 Å². The molecule has 1 saturated heterocycles. The smallest absolute Gasteiger partial charge is 0.263 e. The molecule has 1 aliphatic heterocycles. The van der Waals surface area contributed by atoms with Gasteiger partial charge in [0.1, 0.15) is 11.5 Å². The molecule has 6 heteroatoms. The molecule has 0 saturated carbocycles. The van der Waals surface area contributed by atoms with Gasteiger partial charge in [0.2, 0.25) is 0 Å². The van der Waals surface area contributed by atoms with E-state index in [2.05, 4.69) is 15.1 Å². The summed E-state index contributed by atoms with van der Waals surface area (Å²) < 4.78 is 18.4. The molecule has 0 radical (unpaired) electrons. The Hall–Kier alpha value is -2.41. The van der Waals surface area contributed by atoms with Gasteiger partial charge in [0.25, 0.3) is 5.03 Å². The molecular weight excluding hydrogens is 406 g/mol. The molecule has 0 bridgehead atoms. The number of piperidine rings is 1. The molecule has 0 aliphatic carbocycles. The zero-order valence-corrected chi connectivity index (χ0v) is 18.6. The lowest BCUT2D eigenvalue weighted by Gasteiger charge is -2.26. The first-order valence-corrected chi connectivity index (χ1v) is 12.3. The lowest BCUT2D eigenvalue weighted by atomic mass is 10.1. The van der Waals surface area contributed by atoms with E-state index in [1.807, 2.05) is 60.7 Å². The number of benzene rings is 2. The third kappa shape index (κ3) is 6.53. The van der Waals surface area contributed by atoms with Crippen molar-refractivity contribution in [2.75, 3.05) is 26.2 Å². The molecule has 4 rings (SSSR count). The topological polar surface area (TPSA) is 61.3 Å². The van der Waals surface area contributed by atoms with E-state index in [0.717, 1.165) is 42.1 Å². The first-order valence-electron chi connectivity index (χ1n) is 11.0. The molecule has 1 aromatic heterocycles. The summed E-state index contributed by atoms with van der Waals surface area (Å²) in [6.07, 6.45) is 5.08. The third-order valence-electron chi connectivity index (χ3n) is 5.50. The molecule has 1 aliphatic rings. The largest absolute Gasteiger partial charge is 0.610 e. The Bertz CT molecular complexity index is 914. The lowest BCUT2D eigenvalue weighted by Crippen LogP contribution is -2.31. The van der Waals surface area contributed by atoms with Crippen molar-refractivity contribution in [2.45, 2.75) is 36.5 Å². The van der Waals surface area contributed by atoms with Crippen LogP contribution in [0.2, 0.25) is 0 Å². The van der Waals surface area contributed by atoms with Crippen LogP contribution < -0.4 is 4.74 Å². The van der Waals surface area contributed by atoms with Gasteiger partial charge in [0.15, 0.2) is 0 Å². The first-order chi connectivity index (χ1) is 15.3. The minimum atomic E-state index is -1.21. The predicted octanol–water partition coefficient (Wildman–Crippen LogP) is 4.71. The van der Waals surface area contributed by atoms with E-state index in [4.69, 9.17) is 4.74 Å². The highest BCUT2D eigenvalue weighted by molar-refractivity contribution is 7.90. The second kappa shape index (κ2) is 11.3. The molecular formula is C25H29N3O2S. The summed E-state index contributed by atoms with van der Waals surface area (Å²) in [5.41, 5.74) is 2.75. The summed E-state index contributed by atoms with van der Waals surface area (Å²) in [5.74, 6) is 1.31. The maximum Gasteiger partial charge on any atom is 0.263 e. The van der Waals surface area contributed by atoms with E-state index in [1.165, 1.54) is 32.4 Å². The molecule has 0 N–H and O–H groups in total. The summed E-state index contributed by atoms with van der Waals surface area (Å²) in [6.45, 7) is 4.31. The van der Waals surface area contributed by atoms with Gasteiger partial charge in [-0.25, -0.2) is 0 Å². The minimum absolute atomic E-state index is 0.443. The van der Waals surface area contributed by atoms with Crippen LogP contribution in [0.1, 0.15) is 31.2 Å². The monoisotopic (exact) mass is 435 g/mol. The zero-order chi connectivity index (χ0) is 21.3. The second-order valence-corrected chi connectivity index (χ2v) is 9.26. The normalized spacial score (nSPS) is 15.5. The number of nitrogens with zero attached hydrogens (tertiary/aromatic N) is 3. The standard InChI is InChI=1S/C25H29N3O2S/c29-31(20-21-8-3-1-4-9-21)25-15-14-24(26-27-25)22-10-12-23(13-11-22)30-19-7-18-28-16-5-2-6-17-28/h1,3-4,8-15H,2,5-7,16-20H2. The maximum atomic E-state index is 12.5. The van der Waals surface area contributed by atoms with Crippen molar-refractivity contribution >= 4 is 11.2 Å². The Morgan fingerprint density at radius 3 is 2.35 bits per heavy atom. The van der Waals surface area contributed by atoms with Crippen LogP contribution in [0.5, 0.6) is 5.75 Å². The summed E-state index contributed by atoms with van der Waals surface area (Å²) in [5, 5.41) is 8.97. The number of ether oxygens (including phenoxy) is 1. The predicted molar refractivity (Wildman–Crippen MR) is 124 cm³/mol. The summed E-state index contributed by atoms with van der Waals surface area (Å²) >= 11 is -1.21. The number of rotatable bonds is 9. The summed E-state index contributed by atoms with van der Waals surface area (Å²) in [4.78, 5) is 2.53. The van der Waals surface area contributed by atoms with Gasteiger partial charge in [0, 0.05) is 34.9 Å². The minimum Gasteiger partial charge on any atom is -0.610 e. The van der Waals surface area contributed by atoms with Crippen molar-refractivity contribution in [3.05, 3.63) is 72.3 Å². The van der Waals surface area contributed by atoms with E-state index < -0.39 is 11.2 Å². The van der Waals surface area contributed by atoms with Crippen LogP contribution in [-0.4, -0.2) is 45.9 Å². The second-order valence-electron chi connectivity index (χ2n) is 7.86. The fraction of sp³-hybridized carbons (Fsp3) is 0.360. The highest BCUT2D eigenvalue weighted by atomic mass is 32.2. The quantitative estimate of drug-likeness (QED) is 0.360. The highest BCUT2D eigenvalue weighted by Gasteiger charge is 2.15. The Morgan fingerprint density at radius 1 is 0.871 bits per heavy atom. The Labute approximate surface area is 187 Å². The molecule has 5 nitrogen and oxygen atoms in total. The zero-order valence-electron chi connectivity index (χ0n) is 17.8. The van der Waals surface area contributed by atoms with Crippen molar-refractivity contribution in [3.63, 3.8) is 0 Å². The fourth-order valence-electron chi connectivity index (χ4n) is 3.78. The van der Waals surface area contributed by atoms with Crippen LogP contribution in [0, 0.1) is 0 Å². The number of aromatic nitrogens is 2. The van der Waals surface area contributed by atoms with Gasteiger partial charge in [-0.05, 0) is 62.7 Å². The maximum absolute atomic E-state index is 12.5. The molecule has 1 atom stereocenters. The van der Waals surface area contributed by atoms with Crippen molar-refractivity contribution in [1.82, 2.24) is 15.1 Å². The number of hydrogen-bond acceptors (Lipinski definition) is 5. The molecule has 2 heterocycles. The number of hydrogen-bond donors (Lipinski definition) is 0. The highest BCUT2D eigenvalue weighted by Crippen LogP contribution is 2.22. The van der Waals surface area contributed by atoms with Gasteiger partial charge in [-0.2, -0.15) is 0 Å². The van der Waals surface area contributed by atoms with Crippen molar-refractivity contribution in [2.24, 2.45) is 0 Å². The first kappa shape index (κ1) is 21.8. The molecule has 0 amide bonds. The molecule has 31 heavy (non-hydrogen) atoms. The van der Waals surface area contributed by atoms with E-state index >= 15 is 0 Å². The van der Waals surface area contributed by atoms with Crippen LogP contribution in [0.3, 0.4) is 0 Å². The van der Waals surface area contributed by atoms with Crippen LogP contribution in [-0.2, 0) is 16.9 Å². The van der Waals surface area contributed by atoms with Gasteiger partial charge in [-0.15, -0.1) is 5.10 Å². The van der Waals surface area contributed by atoms with Crippen LogP contribution >= 0.6 is 0 Å². The van der Waals surface area contributed by atoms with Crippen molar-refractivity contribution in [1.29, 1.82) is 0 Å². The third-order valence-corrected chi connectivity index (χ3v) is 6.78. The van der Waals surface area contributed by atoms with Gasteiger partial charge in [-0.3, -0.25) is 0 Å². The Morgan fingerprint density at radius 2 is 1.65 bits per heavy atom. The Kier molecular flexibility index (Phi) is 7.93. The molecule has 1 unspecified atom stereocenters. The van der Waals surface area contributed by atoms with Gasteiger partial charge < -0.3 is 14.2 Å². The van der Waals surface area contributed by atoms with Crippen molar-refractivity contribution in [3.8, 4) is 17.0 Å². The van der Waals surface area contributed by atoms with Crippen LogP contribution in [0.4, 0.5) is 0 Å². The average Bonchev–Trinajstić information content (AvgIpc) is 2.84. The van der Waals surface area contributed by atoms with Gasteiger partial charge in [-0.1, -0.05) is 41.9 Å². The molecule has 1 fully saturated rings. The number of likely N-dealkylation sites (tertiary alicyclic amines) is 1. The van der Waals surface area contributed by atoms with Crippen molar-refractivity contribution < 1.29 is 9.29 Å². The summed E-state index contributed by atoms with van der Waals surface area (Å²) in [7, 11) is 0. The summed E-state index contributed by atoms with van der Waals surface area (Å²) in [6, 6.07) is 21.4. The molecule has 3 aromatic rings. The van der Waals surface area contributed by atoms with Gasteiger partial charge >= 0.3 is 0 Å². The lowest BCUT2D eigenvalue weighted by molar-refractivity contribution is 0.205. The van der Waals surface area contributed by atoms with Crippen LogP contribution in [0.15, 0.2) is 71.8 Å². The molecule has 2 aromatic carbocycles. The van der Waals surface area contributed by atoms with E-state index in [-0.39, 0.29) is 0 Å². The fourth-order valence-corrected chi connectivity index (χ4v) is 4.77. The van der Waals surface area contributed by atoms with E-state index in [1.54, 1.807) is 6.07 Å². The average molecular weight is 436 g/mol.